The molecule has 4 rings (SSSR count). The summed E-state index contributed by atoms with van der Waals surface area (Å²) in [5.74, 6) is -0.267. The quantitative estimate of drug-likeness (QED) is 0.0874. The molecule has 1 aliphatic rings. The van der Waals surface area contributed by atoms with Gasteiger partial charge in [-0.25, -0.2) is 4.79 Å². The Morgan fingerprint density at radius 3 is 2.36 bits per heavy atom. The summed E-state index contributed by atoms with van der Waals surface area (Å²) in [6, 6.07) is 16.4. The van der Waals surface area contributed by atoms with Gasteiger partial charge in [0.1, 0.15) is 0 Å². The molecule has 1 saturated carbocycles. The van der Waals surface area contributed by atoms with E-state index in [-0.39, 0.29) is 31.6 Å². The topological polar surface area (TPSA) is 103 Å². The lowest BCUT2D eigenvalue weighted by Crippen LogP contribution is -2.30. The molecule has 7 nitrogen and oxygen atoms in total. The Hall–Kier alpha value is -2.78. The number of anilines is 3. The predicted octanol–water partition coefficient (Wildman–Crippen LogP) is 9.04. The molecule has 0 heterocycles. The normalized spacial score (nSPS) is 14.2. The molecule has 1 aliphatic carbocycles. The van der Waals surface area contributed by atoms with E-state index in [0.29, 0.717) is 50.2 Å². The molecular formula is C34H40BrCl2N3O4. The fourth-order valence-electron chi connectivity index (χ4n) is 5.63. The maximum absolute atomic E-state index is 13.0. The molecule has 3 aromatic carbocycles. The number of carbonyl (C=O) groups excluding carboxylic acids is 2. The van der Waals surface area contributed by atoms with E-state index in [9.17, 15) is 9.59 Å². The highest BCUT2D eigenvalue weighted by atomic mass is 79.9. The molecule has 3 aromatic rings. The summed E-state index contributed by atoms with van der Waals surface area (Å²) in [6.07, 6.45) is 7.21. The third kappa shape index (κ3) is 9.36. The summed E-state index contributed by atoms with van der Waals surface area (Å²) in [4.78, 5) is 25.5. The Morgan fingerprint density at radius 1 is 0.977 bits per heavy atom. The van der Waals surface area contributed by atoms with Crippen molar-refractivity contribution in [1.29, 1.82) is 0 Å². The summed E-state index contributed by atoms with van der Waals surface area (Å²) in [7, 11) is 0. The molecule has 1 unspecified atom stereocenters. The molecule has 0 bridgehead atoms. The van der Waals surface area contributed by atoms with Crippen molar-refractivity contribution >= 4 is 68.1 Å². The summed E-state index contributed by atoms with van der Waals surface area (Å²) in [6.45, 7) is 3.35. The molecule has 0 saturated heterocycles. The number of halogens is 3. The van der Waals surface area contributed by atoms with Crippen LogP contribution in [0.3, 0.4) is 0 Å². The van der Waals surface area contributed by atoms with Gasteiger partial charge in [-0.05, 0) is 95.5 Å². The van der Waals surface area contributed by atoms with E-state index in [2.05, 4.69) is 33.5 Å². The SMILES string of the molecule is CCNC(c1cc(C(=O)OCCCCOC(=O)Cc2ccccc2Nc2c(Cl)cccc2Cl)cc(Br)c1N)C1CCCCC1. The van der Waals surface area contributed by atoms with Crippen LogP contribution < -0.4 is 16.4 Å². The van der Waals surface area contributed by atoms with Gasteiger partial charge in [0.2, 0.25) is 0 Å². The molecule has 236 valence electrons. The van der Waals surface area contributed by atoms with Crippen LogP contribution in [0.1, 0.15) is 79.4 Å². The molecule has 10 heteroatoms. The number of rotatable bonds is 14. The number of hydrogen-bond acceptors (Lipinski definition) is 7. The number of unbranched alkanes of at least 4 members (excludes halogenated alkanes) is 1. The zero-order valence-corrected chi connectivity index (χ0v) is 28.1. The molecule has 0 radical (unpaired) electrons. The molecule has 4 N–H and O–H groups in total. The lowest BCUT2D eigenvalue weighted by molar-refractivity contribution is -0.143. The van der Waals surface area contributed by atoms with Gasteiger partial charge in [0.25, 0.3) is 0 Å². The highest BCUT2D eigenvalue weighted by Crippen LogP contribution is 2.39. The number of benzene rings is 3. The Bertz CT molecular complexity index is 1410. The number of nitrogens with one attached hydrogen (secondary N) is 2. The Kier molecular flexibility index (Phi) is 13.2. The third-order valence-electron chi connectivity index (χ3n) is 7.89. The minimum atomic E-state index is -0.398. The highest BCUT2D eigenvalue weighted by Gasteiger charge is 2.27. The average molecular weight is 706 g/mol. The van der Waals surface area contributed by atoms with Crippen LogP contribution in [0.15, 0.2) is 59.1 Å². The first kappa shape index (κ1) is 34.1. The van der Waals surface area contributed by atoms with E-state index in [1.807, 2.05) is 30.3 Å². The van der Waals surface area contributed by atoms with Crippen LogP contribution in [0.2, 0.25) is 10.0 Å². The second kappa shape index (κ2) is 17.1. The van der Waals surface area contributed by atoms with Gasteiger partial charge in [-0.1, -0.05) is 73.7 Å². The number of nitrogens with two attached hydrogens (primary N) is 1. The molecule has 1 atom stereocenters. The van der Waals surface area contributed by atoms with E-state index < -0.39 is 5.97 Å². The molecule has 0 spiro atoms. The van der Waals surface area contributed by atoms with Gasteiger partial charge in [0.15, 0.2) is 0 Å². The first-order valence-corrected chi connectivity index (χ1v) is 16.8. The van der Waals surface area contributed by atoms with Gasteiger partial charge < -0.3 is 25.8 Å². The molecule has 1 fully saturated rings. The number of esters is 2. The smallest absolute Gasteiger partial charge is 0.338 e. The van der Waals surface area contributed by atoms with E-state index in [1.54, 1.807) is 24.3 Å². The van der Waals surface area contributed by atoms with Crippen molar-refractivity contribution in [2.45, 2.75) is 64.3 Å². The molecule has 0 aromatic heterocycles. The van der Waals surface area contributed by atoms with Crippen LogP contribution in [0, 0.1) is 5.92 Å². The van der Waals surface area contributed by atoms with Crippen LogP contribution >= 0.6 is 39.1 Å². The minimum Gasteiger partial charge on any atom is -0.465 e. The number of hydrogen-bond donors (Lipinski definition) is 3. The largest absolute Gasteiger partial charge is 0.465 e. The van der Waals surface area contributed by atoms with Crippen LogP contribution in [-0.4, -0.2) is 31.7 Å². The van der Waals surface area contributed by atoms with Crippen LogP contribution in [0.25, 0.3) is 0 Å². The lowest BCUT2D eigenvalue weighted by atomic mass is 9.80. The van der Waals surface area contributed by atoms with Gasteiger partial charge in [-0.3, -0.25) is 4.79 Å². The lowest BCUT2D eigenvalue weighted by Gasteiger charge is -2.32. The number of carbonyl (C=O) groups is 2. The summed E-state index contributed by atoms with van der Waals surface area (Å²) in [5, 5.41) is 7.80. The van der Waals surface area contributed by atoms with Gasteiger partial charge in [-0.15, -0.1) is 0 Å². The van der Waals surface area contributed by atoms with Gasteiger partial charge in [0, 0.05) is 16.2 Å². The van der Waals surface area contributed by atoms with Crippen molar-refractivity contribution in [1.82, 2.24) is 5.32 Å². The minimum absolute atomic E-state index is 0.0866. The van der Waals surface area contributed by atoms with Gasteiger partial charge in [0.05, 0.1) is 46.6 Å². The monoisotopic (exact) mass is 703 g/mol. The zero-order valence-electron chi connectivity index (χ0n) is 25.0. The number of ether oxygens (including phenoxy) is 2. The highest BCUT2D eigenvalue weighted by molar-refractivity contribution is 9.10. The van der Waals surface area contributed by atoms with Gasteiger partial charge >= 0.3 is 11.9 Å². The first-order chi connectivity index (χ1) is 21.3. The second-order valence-corrected chi connectivity index (χ2v) is 12.7. The molecule has 0 amide bonds. The van der Waals surface area contributed by atoms with Crippen LogP contribution in [0.5, 0.6) is 0 Å². The predicted molar refractivity (Wildman–Crippen MR) is 182 cm³/mol. The maximum Gasteiger partial charge on any atom is 0.338 e. The van der Waals surface area contributed by atoms with Crippen LogP contribution in [-0.2, 0) is 20.7 Å². The molecular weight excluding hydrogens is 665 g/mol. The molecule has 44 heavy (non-hydrogen) atoms. The van der Waals surface area contributed by atoms with E-state index in [1.165, 1.54) is 19.3 Å². The van der Waals surface area contributed by atoms with Gasteiger partial charge in [-0.2, -0.15) is 0 Å². The van der Waals surface area contributed by atoms with E-state index in [0.717, 1.165) is 36.2 Å². The van der Waals surface area contributed by atoms with Crippen molar-refractivity contribution in [3.05, 3.63) is 85.8 Å². The van der Waals surface area contributed by atoms with Crippen molar-refractivity contribution in [3.63, 3.8) is 0 Å². The molecule has 0 aliphatic heterocycles. The summed E-state index contributed by atoms with van der Waals surface area (Å²) < 4.78 is 11.7. The fraction of sp³-hybridized carbons (Fsp3) is 0.412. The first-order valence-electron chi connectivity index (χ1n) is 15.2. The van der Waals surface area contributed by atoms with E-state index in [4.69, 9.17) is 38.4 Å². The summed E-state index contributed by atoms with van der Waals surface area (Å²) in [5.41, 5.74) is 10.6. The maximum atomic E-state index is 13.0. The second-order valence-electron chi connectivity index (χ2n) is 11.0. The number of para-hydroxylation sites is 2. The van der Waals surface area contributed by atoms with Crippen molar-refractivity contribution in [2.75, 3.05) is 30.8 Å². The van der Waals surface area contributed by atoms with Crippen molar-refractivity contribution in [3.8, 4) is 0 Å². The van der Waals surface area contributed by atoms with Crippen LogP contribution in [0.4, 0.5) is 17.1 Å². The average Bonchev–Trinajstić information content (AvgIpc) is 3.02. The fourth-order valence-corrected chi connectivity index (χ4v) is 6.59. The standard InChI is InChI=1S/C34H40BrCl2N3O4/c1-2-39-32(22-11-4-3-5-12-22)25-19-24(20-26(35)31(25)38)34(42)44-18-9-8-17-43-30(41)21-23-13-6-7-16-29(23)40-33-27(36)14-10-15-28(33)37/h6-7,10,13-16,19-20,22,32,39-40H,2-5,8-9,11-12,17-18,21,38H2,1H3. The third-order valence-corrected chi connectivity index (χ3v) is 9.17. The van der Waals surface area contributed by atoms with E-state index >= 15 is 0 Å². The Balaban J connectivity index is 1.24. The number of nitrogen functional groups attached to an aromatic ring is 1. The summed E-state index contributed by atoms with van der Waals surface area (Å²) >= 11 is 16.1. The van der Waals surface area contributed by atoms with Crippen molar-refractivity contribution < 1.29 is 19.1 Å². The zero-order chi connectivity index (χ0) is 31.5. The van der Waals surface area contributed by atoms with Crippen molar-refractivity contribution in [2.24, 2.45) is 5.92 Å². The Labute approximate surface area is 278 Å². The Morgan fingerprint density at radius 2 is 1.66 bits per heavy atom.